The van der Waals surface area contributed by atoms with E-state index >= 15 is 0 Å². The average molecular weight is 714 g/mol. The highest BCUT2D eigenvalue weighted by atomic mass is 16.3. The number of para-hydroxylation sites is 1. The molecule has 0 bridgehead atoms. The highest BCUT2D eigenvalue weighted by Gasteiger charge is 2.17. The molecule has 0 fully saturated rings. The highest BCUT2D eigenvalue weighted by Crippen LogP contribution is 2.41. The van der Waals surface area contributed by atoms with Gasteiger partial charge in [-0.3, -0.25) is 0 Å². The molecule has 10 aromatic carbocycles. The van der Waals surface area contributed by atoms with E-state index in [2.05, 4.69) is 205 Å². The summed E-state index contributed by atoms with van der Waals surface area (Å²) >= 11 is 0. The van der Waals surface area contributed by atoms with Crippen molar-refractivity contribution in [1.29, 1.82) is 0 Å². The van der Waals surface area contributed by atoms with Gasteiger partial charge in [-0.25, -0.2) is 0 Å². The van der Waals surface area contributed by atoms with Crippen LogP contribution in [0.25, 0.3) is 87.6 Å². The normalized spacial score (nSPS) is 11.6. The van der Waals surface area contributed by atoms with Crippen LogP contribution in [0.2, 0.25) is 0 Å². The summed E-state index contributed by atoms with van der Waals surface area (Å²) in [6.07, 6.45) is 0. The van der Waals surface area contributed by atoms with E-state index in [1.165, 1.54) is 60.1 Å². The molecule has 1 aromatic heterocycles. The lowest BCUT2D eigenvalue weighted by Gasteiger charge is -2.26. The van der Waals surface area contributed by atoms with Crippen molar-refractivity contribution in [2.24, 2.45) is 0 Å². The first-order chi connectivity index (χ1) is 27.7. The summed E-state index contributed by atoms with van der Waals surface area (Å²) in [6, 6.07) is 76.6. The van der Waals surface area contributed by atoms with Gasteiger partial charge in [-0.2, -0.15) is 0 Å². The van der Waals surface area contributed by atoms with E-state index in [0.717, 1.165) is 44.6 Å². The van der Waals surface area contributed by atoms with Crippen molar-refractivity contribution >= 4 is 71.3 Å². The molecule has 262 valence electrons. The number of benzene rings is 10. The van der Waals surface area contributed by atoms with Gasteiger partial charge in [-0.15, -0.1) is 0 Å². The van der Waals surface area contributed by atoms with Crippen LogP contribution in [0.4, 0.5) is 17.1 Å². The monoisotopic (exact) mass is 713 g/mol. The number of anilines is 3. The summed E-state index contributed by atoms with van der Waals surface area (Å²) in [5, 5.41) is 9.79. The Morgan fingerprint density at radius 3 is 1.71 bits per heavy atom. The first-order valence-electron chi connectivity index (χ1n) is 19.2. The quantitative estimate of drug-likeness (QED) is 0.160. The molecule has 0 saturated heterocycles. The van der Waals surface area contributed by atoms with Gasteiger partial charge in [0.25, 0.3) is 0 Å². The number of nitrogens with zero attached hydrogens (tertiary/aromatic N) is 1. The van der Waals surface area contributed by atoms with Crippen LogP contribution in [0.15, 0.2) is 217 Å². The summed E-state index contributed by atoms with van der Waals surface area (Å²) in [5.41, 5.74) is 12.2. The Balaban J connectivity index is 1.02. The molecule has 56 heavy (non-hydrogen) atoms. The van der Waals surface area contributed by atoms with Crippen LogP contribution in [-0.4, -0.2) is 0 Å². The Bertz CT molecular complexity index is 3260. The maximum atomic E-state index is 6.25. The molecule has 0 aliphatic carbocycles. The van der Waals surface area contributed by atoms with Gasteiger partial charge in [0.05, 0.1) is 0 Å². The summed E-state index contributed by atoms with van der Waals surface area (Å²) in [6.45, 7) is 0. The zero-order chi connectivity index (χ0) is 37.0. The summed E-state index contributed by atoms with van der Waals surface area (Å²) in [7, 11) is 0. The molecule has 0 spiro atoms. The number of furan rings is 1. The molecular weight excluding hydrogens is 679 g/mol. The maximum absolute atomic E-state index is 6.25. The predicted molar refractivity (Wildman–Crippen MR) is 237 cm³/mol. The summed E-state index contributed by atoms with van der Waals surface area (Å²) in [4.78, 5) is 2.36. The molecule has 0 radical (unpaired) electrons. The fourth-order valence-electron chi connectivity index (χ4n) is 8.46. The Morgan fingerprint density at radius 1 is 0.268 bits per heavy atom. The summed E-state index contributed by atoms with van der Waals surface area (Å²) in [5.74, 6) is 0. The van der Waals surface area contributed by atoms with Crippen molar-refractivity contribution in [2.75, 3.05) is 4.90 Å². The molecule has 0 unspecified atom stereocenters. The Labute approximate surface area is 325 Å². The second-order valence-electron chi connectivity index (χ2n) is 14.5. The minimum absolute atomic E-state index is 0.883. The molecule has 0 atom stereocenters. The van der Waals surface area contributed by atoms with E-state index in [9.17, 15) is 0 Å². The Kier molecular flexibility index (Phi) is 7.53. The van der Waals surface area contributed by atoms with Crippen molar-refractivity contribution in [3.8, 4) is 33.4 Å². The van der Waals surface area contributed by atoms with Gasteiger partial charge in [-0.1, -0.05) is 152 Å². The van der Waals surface area contributed by atoms with E-state index in [1.807, 2.05) is 12.1 Å². The van der Waals surface area contributed by atoms with Gasteiger partial charge in [0.1, 0.15) is 11.2 Å². The fourth-order valence-corrected chi connectivity index (χ4v) is 8.46. The van der Waals surface area contributed by atoms with Gasteiger partial charge in [0.2, 0.25) is 0 Å². The summed E-state index contributed by atoms with van der Waals surface area (Å²) < 4.78 is 6.25. The lowest BCUT2D eigenvalue weighted by Crippen LogP contribution is -2.10. The molecule has 11 rings (SSSR count). The maximum Gasteiger partial charge on any atom is 0.135 e. The number of hydrogen-bond donors (Lipinski definition) is 0. The SMILES string of the molecule is c1cc(-c2cccc(N(c3ccc(-c4ccc5c(ccc6ccccc65)c4)cc3)c3ccc4oc5ccccc5c4c3)c2)cc(-c2cccc3ccccc23)c1. The van der Waals surface area contributed by atoms with E-state index in [-0.39, 0.29) is 0 Å². The molecule has 0 saturated carbocycles. The Morgan fingerprint density at radius 2 is 0.839 bits per heavy atom. The predicted octanol–water partition coefficient (Wildman–Crippen LogP) is 15.5. The van der Waals surface area contributed by atoms with Crippen LogP contribution >= 0.6 is 0 Å². The standard InChI is InChI=1S/C54H35NO/c1-3-17-47-37(10-1)12-9-20-49(47)42-15-7-13-39(32-42)40-14-8-16-45(34-40)55(46-29-31-54-52(35-46)51-19-5-6-21-53(51)56-54)44-27-24-36(25-28-44)41-26-30-50-43(33-41)23-22-38-11-2-4-18-48(38)50/h1-35H. The smallest absolute Gasteiger partial charge is 0.135 e. The van der Waals surface area contributed by atoms with Crippen molar-refractivity contribution in [2.45, 2.75) is 0 Å². The van der Waals surface area contributed by atoms with E-state index in [1.54, 1.807) is 0 Å². The second kappa shape index (κ2) is 13.2. The molecule has 0 amide bonds. The first kappa shape index (κ1) is 32.0. The third-order valence-electron chi connectivity index (χ3n) is 11.2. The lowest BCUT2D eigenvalue weighted by atomic mass is 9.95. The van der Waals surface area contributed by atoms with E-state index in [0.29, 0.717) is 0 Å². The van der Waals surface area contributed by atoms with E-state index in [4.69, 9.17) is 4.42 Å². The Hall–Kier alpha value is -7.42. The third-order valence-corrected chi connectivity index (χ3v) is 11.2. The number of fused-ring (bicyclic) bond motifs is 7. The molecule has 0 aliphatic heterocycles. The number of hydrogen-bond acceptors (Lipinski definition) is 2. The van der Waals surface area contributed by atoms with Crippen LogP contribution in [0, 0.1) is 0 Å². The van der Waals surface area contributed by atoms with Crippen LogP contribution in [0.1, 0.15) is 0 Å². The molecule has 2 nitrogen and oxygen atoms in total. The van der Waals surface area contributed by atoms with Crippen LogP contribution in [0.5, 0.6) is 0 Å². The molecule has 1 heterocycles. The van der Waals surface area contributed by atoms with Gasteiger partial charge in [0, 0.05) is 27.8 Å². The van der Waals surface area contributed by atoms with Gasteiger partial charge >= 0.3 is 0 Å². The first-order valence-corrected chi connectivity index (χ1v) is 19.2. The van der Waals surface area contributed by atoms with Crippen molar-refractivity contribution in [3.05, 3.63) is 212 Å². The van der Waals surface area contributed by atoms with Gasteiger partial charge in [0.15, 0.2) is 0 Å². The number of rotatable bonds is 6. The largest absolute Gasteiger partial charge is 0.456 e. The molecule has 11 aromatic rings. The fraction of sp³-hybridized carbons (Fsp3) is 0. The zero-order valence-electron chi connectivity index (χ0n) is 30.6. The van der Waals surface area contributed by atoms with E-state index < -0.39 is 0 Å². The lowest BCUT2D eigenvalue weighted by molar-refractivity contribution is 0.669. The molecule has 0 aliphatic rings. The molecular formula is C54H35NO. The van der Waals surface area contributed by atoms with Crippen LogP contribution in [0.3, 0.4) is 0 Å². The van der Waals surface area contributed by atoms with Crippen LogP contribution < -0.4 is 4.90 Å². The highest BCUT2D eigenvalue weighted by molar-refractivity contribution is 6.09. The van der Waals surface area contributed by atoms with Crippen molar-refractivity contribution in [3.63, 3.8) is 0 Å². The minimum Gasteiger partial charge on any atom is -0.456 e. The minimum atomic E-state index is 0.883. The average Bonchev–Trinajstić information content (AvgIpc) is 3.64. The second-order valence-corrected chi connectivity index (χ2v) is 14.5. The van der Waals surface area contributed by atoms with Crippen molar-refractivity contribution in [1.82, 2.24) is 0 Å². The van der Waals surface area contributed by atoms with Gasteiger partial charge < -0.3 is 9.32 Å². The molecule has 0 N–H and O–H groups in total. The van der Waals surface area contributed by atoms with Gasteiger partial charge in [-0.05, 0) is 126 Å². The topological polar surface area (TPSA) is 16.4 Å². The van der Waals surface area contributed by atoms with Crippen molar-refractivity contribution < 1.29 is 4.42 Å². The van der Waals surface area contributed by atoms with Crippen LogP contribution in [-0.2, 0) is 0 Å². The third kappa shape index (κ3) is 5.51. The molecule has 2 heteroatoms. The zero-order valence-corrected chi connectivity index (χ0v) is 30.6.